The van der Waals surface area contributed by atoms with Gasteiger partial charge < -0.3 is 9.47 Å². The number of esters is 1. The van der Waals surface area contributed by atoms with Crippen LogP contribution >= 0.6 is 0 Å². The summed E-state index contributed by atoms with van der Waals surface area (Å²) in [5, 5.41) is 0. The Balaban J connectivity index is 1.64. The van der Waals surface area contributed by atoms with Crippen LogP contribution in [0.3, 0.4) is 0 Å². The smallest absolute Gasteiger partial charge is 0.343 e. The first kappa shape index (κ1) is 30.6. The lowest BCUT2D eigenvalue weighted by Gasteiger charge is -2.08. The number of benzene rings is 2. The van der Waals surface area contributed by atoms with Gasteiger partial charge in [0.1, 0.15) is 17.3 Å². The Hall–Kier alpha value is -2.62. The molecule has 0 saturated heterocycles. The maximum atomic E-state index is 12.5. The Kier molecular flexibility index (Phi) is 16.1. The molecular weight excluding hydrogens is 460 g/mol. The first-order chi connectivity index (χ1) is 18.1. The summed E-state index contributed by atoms with van der Waals surface area (Å²) in [4.78, 5) is 24.7. The van der Waals surface area contributed by atoms with Gasteiger partial charge in [-0.05, 0) is 54.8 Å². The molecule has 0 saturated carbocycles. The summed E-state index contributed by atoms with van der Waals surface area (Å²) >= 11 is 0. The van der Waals surface area contributed by atoms with Crippen molar-refractivity contribution in [2.24, 2.45) is 0 Å². The monoisotopic (exact) mass is 508 g/mol. The molecule has 0 aromatic heterocycles. The summed E-state index contributed by atoms with van der Waals surface area (Å²) in [6, 6.07) is 14.4. The first-order valence-electron chi connectivity index (χ1n) is 14.7. The van der Waals surface area contributed by atoms with Crippen LogP contribution in [0.4, 0.5) is 0 Å². The Morgan fingerprint density at radius 3 is 1.70 bits per heavy atom. The van der Waals surface area contributed by atoms with Gasteiger partial charge >= 0.3 is 5.97 Å². The van der Waals surface area contributed by atoms with Crippen molar-refractivity contribution in [1.82, 2.24) is 0 Å². The number of ether oxygens (including phenoxy) is 2. The molecule has 0 amide bonds. The quantitative estimate of drug-likeness (QED) is 0.0957. The second-order valence-corrected chi connectivity index (χ2v) is 10.1. The maximum Gasteiger partial charge on any atom is 0.343 e. The molecule has 4 nitrogen and oxygen atoms in total. The van der Waals surface area contributed by atoms with Gasteiger partial charge in [-0.3, -0.25) is 4.79 Å². The fourth-order valence-corrected chi connectivity index (χ4v) is 4.37. The fourth-order valence-electron chi connectivity index (χ4n) is 4.37. The lowest BCUT2D eigenvalue weighted by Crippen LogP contribution is -2.08. The molecule has 2 rings (SSSR count). The Morgan fingerprint density at radius 2 is 1.11 bits per heavy atom. The number of carbonyl (C=O) groups excluding carboxylic acids is 2. The van der Waals surface area contributed by atoms with Crippen LogP contribution in [0.2, 0.25) is 0 Å². The number of hydrogen-bond acceptors (Lipinski definition) is 4. The predicted molar refractivity (Wildman–Crippen MR) is 153 cm³/mol. The van der Waals surface area contributed by atoms with E-state index in [1.807, 2.05) is 24.3 Å². The second kappa shape index (κ2) is 19.5. The minimum Gasteiger partial charge on any atom is -0.494 e. The van der Waals surface area contributed by atoms with Gasteiger partial charge in [-0.25, -0.2) is 4.79 Å². The molecule has 4 heteroatoms. The molecule has 2 aromatic carbocycles. The third kappa shape index (κ3) is 14.0. The Labute approximate surface area is 225 Å². The van der Waals surface area contributed by atoms with E-state index in [9.17, 15) is 9.59 Å². The van der Waals surface area contributed by atoms with Gasteiger partial charge in [-0.2, -0.15) is 0 Å². The van der Waals surface area contributed by atoms with Crippen molar-refractivity contribution in [2.45, 2.75) is 117 Å². The fraction of sp³-hybridized carbons (Fsp3) is 0.576. The van der Waals surface area contributed by atoms with Gasteiger partial charge in [0.15, 0.2) is 0 Å². The van der Waals surface area contributed by atoms with Crippen LogP contribution in [0.1, 0.15) is 126 Å². The summed E-state index contributed by atoms with van der Waals surface area (Å²) in [7, 11) is 0. The van der Waals surface area contributed by atoms with Crippen molar-refractivity contribution >= 4 is 11.8 Å². The number of Topliss-reactive ketones (excluding diaryl/α,β-unsaturated/α-hetero) is 1. The molecule has 0 atom stereocenters. The lowest BCUT2D eigenvalue weighted by atomic mass is 10.0. The molecule has 0 aliphatic rings. The number of carbonyl (C=O) groups is 2. The molecule has 0 bridgehead atoms. The first-order valence-corrected chi connectivity index (χ1v) is 14.7. The average molecular weight is 509 g/mol. The van der Waals surface area contributed by atoms with E-state index in [2.05, 4.69) is 13.8 Å². The van der Waals surface area contributed by atoms with Crippen LogP contribution in [0, 0.1) is 0 Å². The van der Waals surface area contributed by atoms with Gasteiger partial charge in [-0.15, -0.1) is 0 Å². The van der Waals surface area contributed by atoms with E-state index >= 15 is 0 Å². The van der Waals surface area contributed by atoms with Crippen molar-refractivity contribution in [1.29, 1.82) is 0 Å². The maximum absolute atomic E-state index is 12.5. The van der Waals surface area contributed by atoms with Gasteiger partial charge in [-0.1, -0.05) is 103 Å². The van der Waals surface area contributed by atoms with Crippen LogP contribution in [-0.2, 0) is 11.2 Å². The molecule has 0 radical (unpaired) electrons. The minimum absolute atomic E-state index is 0.268. The molecule has 0 aliphatic carbocycles. The van der Waals surface area contributed by atoms with Crippen LogP contribution < -0.4 is 9.47 Å². The molecule has 0 fully saturated rings. The molecular formula is C33H48O4. The predicted octanol–water partition coefficient (Wildman–Crippen LogP) is 9.29. The van der Waals surface area contributed by atoms with Crippen molar-refractivity contribution in [3.63, 3.8) is 0 Å². The van der Waals surface area contributed by atoms with Crippen molar-refractivity contribution in [2.75, 3.05) is 6.61 Å². The largest absolute Gasteiger partial charge is 0.494 e. The highest BCUT2D eigenvalue weighted by Gasteiger charge is 2.10. The number of unbranched alkanes of at least 4 members (excludes halogenated alkanes) is 12. The highest BCUT2D eigenvalue weighted by molar-refractivity contribution is 5.91. The average Bonchev–Trinajstić information content (AvgIpc) is 2.91. The van der Waals surface area contributed by atoms with Gasteiger partial charge in [0.25, 0.3) is 0 Å². The number of ketones is 1. The van der Waals surface area contributed by atoms with E-state index in [1.54, 1.807) is 24.3 Å². The highest BCUT2D eigenvalue weighted by Crippen LogP contribution is 2.18. The topological polar surface area (TPSA) is 52.6 Å². The van der Waals surface area contributed by atoms with Crippen molar-refractivity contribution < 1.29 is 19.1 Å². The van der Waals surface area contributed by atoms with E-state index < -0.39 is 5.97 Å². The summed E-state index contributed by atoms with van der Waals surface area (Å²) < 4.78 is 11.3. The van der Waals surface area contributed by atoms with Crippen LogP contribution in [-0.4, -0.2) is 18.4 Å². The molecule has 2 aromatic rings. The molecule has 0 unspecified atom stereocenters. The van der Waals surface area contributed by atoms with Crippen LogP contribution in [0.15, 0.2) is 48.5 Å². The summed E-state index contributed by atoms with van der Waals surface area (Å²) in [6.45, 7) is 5.16. The summed E-state index contributed by atoms with van der Waals surface area (Å²) in [5.41, 5.74) is 1.44. The van der Waals surface area contributed by atoms with E-state index in [4.69, 9.17) is 9.47 Å². The third-order valence-electron chi connectivity index (χ3n) is 6.70. The molecule has 37 heavy (non-hydrogen) atoms. The zero-order valence-electron chi connectivity index (χ0n) is 23.3. The lowest BCUT2D eigenvalue weighted by molar-refractivity contribution is -0.118. The summed E-state index contributed by atoms with van der Waals surface area (Å²) in [5.74, 6) is 1.12. The Morgan fingerprint density at radius 1 is 0.595 bits per heavy atom. The van der Waals surface area contributed by atoms with Gasteiger partial charge in [0.2, 0.25) is 0 Å². The van der Waals surface area contributed by atoms with E-state index in [-0.39, 0.29) is 5.78 Å². The molecule has 0 heterocycles. The van der Waals surface area contributed by atoms with Crippen LogP contribution in [0.25, 0.3) is 0 Å². The van der Waals surface area contributed by atoms with Crippen molar-refractivity contribution in [3.05, 3.63) is 59.7 Å². The standard InChI is InChI=1S/C33H48O4/c1-3-5-7-9-11-12-14-16-26-36-31-24-20-29(21-25-31)33(35)37-32-22-18-28(19-23-32)27-30(34)17-15-13-10-8-6-4-2/h18-25H,3-17,26-27H2,1-2H3. The minimum atomic E-state index is -0.401. The molecule has 0 N–H and O–H groups in total. The van der Waals surface area contributed by atoms with E-state index in [0.717, 1.165) is 30.6 Å². The van der Waals surface area contributed by atoms with Crippen molar-refractivity contribution in [3.8, 4) is 11.5 Å². The molecule has 0 spiro atoms. The molecule has 0 aliphatic heterocycles. The number of rotatable bonds is 21. The number of hydrogen-bond donors (Lipinski definition) is 0. The zero-order valence-corrected chi connectivity index (χ0v) is 23.3. The highest BCUT2D eigenvalue weighted by atomic mass is 16.5. The zero-order chi connectivity index (χ0) is 26.6. The summed E-state index contributed by atoms with van der Waals surface area (Å²) in [6.07, 6.45) is 18.4. The van der Waals surface area contributed by atoms with E-state index in [1.165, 1.54) is 70.6 Å². The van der Waals surface area contributed by atoms with Crippen LogP contribution in [0.5, 0.6) is 11.5 Å². The second-order valence-electron chi connectivity index (χ2n) is 10.1. The van der Waals surface area contributed by atoms with Gasteiger partial charge in [0.05, 0.1) is 12.2 Å². The SMILES string of the molecule is CCCCCCCCCCOc1ccc(C(=O)Oc2ccc(CC(=O)CCCCCCCC)cc2)cc1. The van der Waals surface area contributed by atoms with E-state index in [0.29, 0.717) is 30.8 Å². The third-order valence-corrected chi connectivity index (χ3v) is 6.70. The van der Waals surface area contributed by atoms with Gasteiger partial charge in [0, 0.05) is 12.8 Å². The molecule has 204 valence electrons. The normalized spacial score (nSPS) is 10.9. The Bertz CT molecular complexity index is 870.